The lowest BCUT2D eigenvalue weighted by molar-refractivity contribution is -0.132. The molecule has 88 valence electrons. The van der Waals surface area contributed by atoms with Crippen molar-refractivity contribution < 1.29 is 9.90 Å². The van der Waals surface area contributed by atoms with Crippen LogP contribution in [0.4, 0.5) is 0 Å². The molecule has 3 heteroatoms. The van der Waals surface area contributed by atoms with Crippen molar-refractivity contribution in [2.75, 3.05) is 14.1 Å². The minimum Gasteiger partial charge on any atom is -0.478 e. The van der Waals surface area contributed by atoms with Gasteiger partial charge in [-0.2, -0.15) is 0 Å². The molecule has 0 aromatic heterocycles. The fourth-order valence-electron chi connectivity index (χ4n) is 1.78. The fourth-order valence-corrected chi connectivity index (χ4v) is 1.78. The van der Waals surface area contributed by atoms with E-state index in [2.05, 4.69) is 32.8 Å². The Hall–Kier alpha value is -0.830. The molecule has 0 aromatic carbocycles. The van der Waals surface area contributed by atoms with Crippen LogP contribution in [-0.4, -0.2) is 35.6 Å². The number of nitrogens with zero attached hydrogens (tertiary/aromatic N) is 1. The lowest BCUT2D eigenvalue weighted by Gasteiger charge is -2.38. The second kappa shape index (κ2) is 5.91. The third-order valence-electron chi connectivity index (χ3n) is 3.39. The first kappa shape index (κ1) is 14.2. The van der Waals surface area contributed by atoms with Crippen LogP contribution in [0.5, 0.6) is 0 Å². The number of carboxylic acids is 1. The highest BCUT2D eigenvalue weighted by molar-refractivity contribution is 5.85. The van der Waals surface area contributed by atoms with Crippen LogP contribution in [0, 0.1) is 0 Å². The van der Waals surface area contributed by atoms with Gasteiger partial charge < -0.3 is 10.0 Å². The van der Waals surface area contributed by atoms with Crippen molar-refractivity contribution in [3.05, 3.63) is 11.6 Å². The Morgan fingerprint density at radius 1 is 1.33 bits per heavy atom. The number of carbonyl (C=O) groups is 1. The summed E-state index contributed by atoms with van der Waals surface area (Å²) in [5.74, 6) is -0.824. The van der Waals surface area contributed by atoms with Crippen LogP contribution in [0.25, 0.3) is 0 Å². The first-order valence-electron chi connectivity index (χ1n) is 5.47. The molecular formula is C12H23NO2. The fraction of sp³-hybridized carbons (Fsp3) is 0.750. The van der Waals surface area contributed by atoms with Crippen LogP contribution in [0.3, 0.4) is 0 Å². The molecule has 0 saturated heterocycles. The van der Waals surface area contributed by atoms with Gasteiger partial charge in [-0.1, -0.05) is 19.9 Å². The van der Waals surface area contributed by atoms with Gasteiger partial charge in [-0.3, -0.25) is 0 Å². The third-order valence-corrected chi connectivity index (χ3v) is 3.39. The summed E-state index contributed by atoms with van der Waals surface area (Å²) < 4.78 is 0. The van der Waals surface area contributed by atoms with E-state index in [1.54, 1.807) is 6.92 Å². The molecule has 0 aliphatic heterocycles. The highest BCUT2D eigenvalue weighted by Gasteiger charge is 2.27. The topological polar surface area (TPSA) is 40.5 Å². The van der Waals surface area contributed by atoms with Gasteiger partial charge in [0.2, 0.25) is 0 Å². The monoisotopic (exact) mass is 213 g/mol. The van der Waals surface area contributed by atoms with Gasteiger partial charge >= 0.3 is 5.97 Å². The summed E-state index contributed by atoms with van der Waals surface area (Å²) >= 11 is 0. The Kier molecular flexibility index (Phi) is 5.58. The van der Waals surface area contributed by atoms with Crippen LogP contribution < -0.4 is 0 Å². The molecule has 3 nitrogen and oxygen atoms in total. The van der Waals surface area contributed by atoms with Gasteiger partial charge in [-0.25, -0.2) is 4.79 Å². The van der Waals surface area contributed by atoms with Crippen LogP contribution in [0.15, 0.2) is 11.6 Å². The van der Waals surface area contributed by atoms with Crippen molar-refractivity contribution in [2.45, 2.75) is 45.6 Å². The van der Waals surface area contributed by atoms with E-state index in [0.717, 1.165) is 19.3 Å². The molecule has 0 atom stereocenters. The summed E-state index contributed by atoms with van der Waals surface area (Å²) in [5.41, 5.74) is 0.527. The van der Waals surface area contributed by atoms with E-state index in [0.29, 0.717) is 5.57 Å². The first-order valence-corrected chi connectivity index (χ1v) is 5.47. The average Bonchev–Trinajstić information content (AvgIpc) is 2.19. The standard InChI is InChI=1S/C12H23NO2/c1-6-12(7-2,13(4)5)9-8-10(3)11(14)15/h8H,6-7,9H2,1-5H3,(H,14,15)/b10-8+. The highest BCUT2D eigenvalue weighted by atomic mass is 16.4. The van der Waals surface area contributed by atoms with E-state index < -0.39 is 5.97 Å². The van der Waals surface area contributed by atoms with Crippen molar-refractivity contribution >= 4 is 5.97 Å². The Morgan fingerprint density at radius 3 is 2.07 bits per heavy atom. The molecule has 0 radical (unpaired) electrons. The molecular weight excluding hydrogens is 190 g/mol. The molecule has 0 bridgehead atoms. The predicted molar refractivity (Wildman–Crippen MR) is 63.0 cm³/mol. The van der Waals surface area contributed by atoms with E-state index in [-0.39, 0.29) is 5.54 Å². The molecule has 15 heavy (non-hydrogen) atoms. The summed E-state index contributed by atoms with van der Waals surface area (Å²) in [6.45, 7) is 5.94. The molecule has 0 amide bonds. The first-order chi connectivity index (χ1) is 6.89. The largest absolute Gasteiger partial charge is 0.478 e. The predicted octanol–water partition coefficient (Wildman–Crippen LogP) is 2.53. The minimum atomic E-state index is -0.824. The molecule has 0 heterocycles. The van der Waals surface area contributed by atoms with Crippen molar-refractivity contribution in [1.82, 2.24) is 4.90 Å². The summed E-state index contributed by atoms with van der Waals surface area (Å²) in [7, 11) is 4.11. The van der Waals surface area contributed by atoms with Gasteiger partial charge in [-0.15, -0.1) is 0 Å². The van der Waals surface area contributed by atoms with Crippen molar-refractivity contribution in [2.24, 2.45) is 0 Å². The summed E-state index contributed by atoms with van der Waals surface area (Å²) in [4.78, 5) is 12.9. The zero-order valence-corrected chi connectivity index (χ0v) is 10.5. The Labute approximate surface area is 92.8 Å². The van der Waals surface area contributed by atoms with Crippen LogP contribution in [0.1, 0.15) is 40.0 Å². The summed E-state index contributed by atoms with van der Waals surface area (Å²) in [6.07, 6.45) is 4.68. The maximum absolute atomic E-state index is 10.7. The molecule has 0 unspecified atom stereocenters. The van der Waals surface area contributed by atoms with E-state index in [1.807, 2.05) is 6.08 Å². The average molecular weight is 213 g/mol. The van der Waals surface area contributed by atoms with Gasteiger partial charge in [-0.05, 0) is 40.3 Å². The normalized spacial score (nSPS) is 13.3. The molecule has 0 spiro atoms. The van der Waals surface area contributed by atoms with E-state index in [4.69, 9.17) is 5.11 Å². The molecule has 0 aliphatic rings. The molecule has 1 N–H and O–H groups in total. The van der Waals surface area contributed by atoms with Crippen LogP contribution in [0.2, 0.25) is 0 Å². The van der Waals surface area contributed by atoms with Gasteiger partial charge in [0.15, 0.2) is 0 Å². The van der Waals surface area contributed by atoms with E-state index in [1.165, 1.54) is 0 Å². The quantitative estimate of drug-likeness (QED) is 0.689. The summed E-state index contributed by atoms with van der Waals surface area (Å²) in [6, 6.07) is 0. The Bertz CT molecular complexity index is 240. The molecule has 0 saturated carbocycles. The number of hydrogen-bond donors (Lipinski definition) is 1. The number of carboxylic acid groups (broad SMARTS) is 1. The molecule has 0 aliphatic carbocycles. The lowest BCUT2D eigenvalue weighted by Crippen LogP contribution is -2.42. The van der Waals surface area contributed by atoms with Crippen molar-refractivity contribution in [3.63, 3.8) is 0 Å². The Morgan fingerprint density at radius 2 is 1.80 bits per heavy atom. The Balaban J connectivity index is 4.70. The van der Waals surface area contributed by atoms with Gasteiger partial charge in [0, 0.05) is 11.1 Å². The highest BCUT2D eigenvalue weighted by Crippen LogP contribution is 2.26. The smallest absolute Gasteiger partial charge is 0.330 e. The van der Waals surface area contributed by atoms with E-state index >= 15 is 0 Å². The molecule has 0 aromatic rings. The second-order valence-corrected chi connectivity index (χ2v) is 4.22. The van der Waals surface area contributed by atoms with Crippen LogP contribution >= 0.6 is 0 Å². The molecule has 0 rings (SSSR count). The van der Waals surface area contributed by atoms with Gasteiger partial charge in [0.1, 0.15) is 0 Å². The lowest BCUT2D eigenvalue weighted by atomic mass is 9.87. The van der Waals surface area contributed by atoms with E-state index in [9.17, 15) is 4.79 Å². The maximum Gasteiger partial charge on any atom is 0.330 e. The number of rotatable bonds is 6. The SMILES string of the molecule is CCC(CC)(C/C=C(\C)C(=O)O)N(C)C. The number of aliphatic carboxylic acids is 1. The molecule has 0 fully saturated rings. The van der Waals surface area contributed by atoms with Crippen LogP contribution in [-0.2, 0) is 4.79 Å². The minimum absolute atomic E-state index is 0.0940. The number of hydrogen-bond acceptors (Lipinski definition) is 2. The van der Waals surface area contributed by atoms with Gasteiger partial charge in [0.05, 0.1) is 0 Å². The van der Waals surface area contributed by atoms with Gasteiger partial charge in [0.25, 0.3) is 0 Å². The third kappa shape index (κ3) is 3.67. The van der Waals surface area contributed by atoms with Crippen molar-refractivity contribution in [1.29, 1.82) is 0 Å². The zero-order valence-electron chi connectivity index (χ0n) is 10.5. The maximum atomic E-state index is 10.7. The van der Waals surface area contributed by atoms with Crippen molar-refractivity contribution in [3.8, 4) is 0 Å². The summed E-state index contributed by atoms with van der Waals surface area (Å²) in [5, 5.41) is 8.78. The second-order valence-electron chi connectivity index (χ2n) is 4.22. The zero-order chi connectivity index (χ0) is 12.1.